The normalized spacial score (nSPS) is 18.9. The number of ketones is 1. The zero-order valence-electron chi connectivity index (χ0n) is 31.9. The predicted octanol–water partition coefficient (Wildman–Crippen LogP) is 6.41. The van der Waals surface area contributed by atoms with Crippen molar-refractivity contribution in [2.45, 2.75) is 24.0 Å². The van der Waals surface area contributed by atoms with Crippen molar-refractivity contribution in [3.05, 3.63) is 179 Å². The van der Waals surface area contributed by atoms with Crippen LogP contribution in [0.25, 0.3) is 11.2 Å². The summed E-state index contributed by atoms with van der Waals surface area (Å²) in [5, 5.41) is 12.3. The smallest absolute Gasteiger partial charge is 0.267 e. The van der Waals surface area contributed by atoms with Gasteiger partial charge in [-0.1, -0.05) is 91.0 Å². The molecule has 1 N–H and O–H groups in total. The zero-order valence-corrected chi connectivity index (χ0v) is 31.9. The second kappa shape index (κ2) is 15.4. The molecule has 13 nitrogen and oxygen atoms in total. The highest BCUT2D eigenvalue weighted by atomic mass is 16.6. The Morgan fingerprint density at radius 3 is 1.93 bits per heavy atom. The van der Waals surface area contributed by atoms with Gasteiger partial charge in [-0.2, -0.15) is 0 Å². The molecule has 9 rings (SSSR count). The van der Waals surface area contributed by atoms with Crippen molar-refractivity contribution in [3.63, 3.8) is 0 Å². The topological polar surface area (TPSA) is 155 Å². The molecule has 5 aromatic carbocycles. The van der Waals surface area contributed by atoms with Gasteiger partial charge < -0.3 is 24.1 Å². The van der Waals surface area contributed by atoms with Gasteiger partial charge in [0.25, 0.3) is 11.8 Å². The van der Waals surface area contributed by atoms with Crippen LogP contribution in [0.15, 0.2) is 146 Å². The summed E-state index contributed by atoms with van der Waals surface area (Å²) in [6.45, 7) is -0.193. The number of nitrogens with zero attached hydrogens (tertiary/aromatic N) is 5. The molecule has 2 aromatic heterocycles. The van der Waals surface area contributed by atoms with E-state index in [4.69, 9.17) is 18.9 Å². The van der Waals surface area contributed by atoms with Crippen molar-refractivity contribution in [3.8, 4) is 11.5 Å². The SMILES string of the molecule is COc1ccc(C(OC[C@H]2O[C@@H]3[C@H](C(=O)c4ccccc4C(=O)N(C(=O)c4ccccc4)c4ncnc5c4ncn53)[C@@H]2O)(c2ccccc2)c2ccc(OC)cc2)cc1. The fourth-order valence-electron chi connectivity index (χ4n) is 8.06. The molecule has 1 saturated heterocycles. The average molecular weight is 788 g/mol. The Hall–Kier alpha value is -7.06. The fraction of sp³-hybridized carbons (Fsp3) is 0.174. The van der Waals surface area contributed by atoms with E-state index in [1.54, 1.807) is 56.7 Å². The predicted molar refractivity (Wildman–Crippen MR) is 215 cm³/mol. The number of Topliss-reactive ketones (excluding diaryl/α,β-unsaturated/α-hetero) is 1. The number of hydrogen-bond donors (Lipinski definition) is 1. The molecular formula is C46H37N5O8. The third-order valence-corrected chi connectivity index (χ3v) is 11.0. The van der Waals surface area contributed by atoms with Crippen LogP contribution in [0.3, 0.4) is 0 Å². The highest BCUT2D eigenvalue weighted by molar-refractivity contribution is 6.29. The van der Waals surface area contributed by atoms with Crippen LogP contribution >= 0.6 is 0 Å². The average Bonchev–Trinajstić information content (AvgIpc) is 3.87. The highest BCUT2D eigenvalue weighted by Crippen LogP contribution is 2.45. The molecule has 2 amide bonds. The molecular weight excluding hydrogens is 751 g/mol. The standard InChI is InChI=1S/C46H37N5O8/c1-56-32-21-17-30(18-22-32)46(29-13-7-4-8-14-29,31-19-23-33(57-2)24-20-31)58-25-36-40(53)37-39(52)34-15-9-10-16-35(34)44(55)51(43(54)28-11-5-3-6-12-28)42-38-41(47-26-48-42)50(27-49-38)45(37)59-36/h3-24,26-27,36-37,40,45,53H,25H2,1-2H3/t36-,37-,40-,45-/m1/s1. The fourth-order valence-corrected chi connectivity index (χ4v) is 8.06. The second-order valence-corrected chi connectivity index (χ2v) is 14.1. The molecule has 13 heteroatoms. The van der Waals surface area contributed by atoms with Gasteiger partial charge in [-0.15, -0.1) is 0 Å². The van der Waals surface area contributed by atoms with Crippen LogP contribution in [0.2, 0.25) is 0 Å². The van der Waals surface area contributed by atoms with Gasteiger partial charge >= 0.3 is 0 Å². The van der Waals surface area contributed by atoms with Gasteiger partial charge in [0.15, 0.2) is 22.8 Å². The van der Waals surface area contributed by atoms with Crippen LogP contribution in [0.5, 0.6) is 11.5 Å². The summed E-state index contributed by atoms with van der Waals surface area (Å²) >= 11 is 0. The molecule has 0 saturated carbocycles. The lowest BCUT2D eigenvalue weighted by Gasteiger charge is -2.37. The molecule has 7 aromatic rings. The van der Waals surface area contributed by atoms with Crippen LogP contribution in [0, 0.1) is 5.92 Å². The number of methoxy groups -OCH3 is 2. The number of fused-ring (bicyclic) bond motifs is 3. The van der Waals surface area contributed by atoms with E-state index in [1.807, 2.05) is 78.9 Å². The molecule has 0 aliphatic carbocycles. The van der Waals surface area contributed by atoms with Gasteiger partial charge in [-0.25, -0.2) is 19.9 Å². The number of imidazole rings is 1. The first-order chi connectivity index (χ1) is 28.8. The lowest BCUT2D eigenvalue weighted by Crippen LogP contribution is -2.41. The van der Waals surface area contributed by atoms with Gasteiger partial charge in [-0.05, 0) is 59.2 Å². The minimum Gasteiger partial charge on any atom is -0.497 e. The zero-order chi connectivity index (χ0) is 40.7. The van der Waals surface area contributed by atoms with Crippen molar-refractivity contribution >= 4 is 34.6 Å². The maximum atomic E-state index is 14.9. The Labute approximate surface area is 338 Å². The number of aromatic nitrogens is 4. The highest BCUT2D eigenvalue weighted by Gasteiger charge is 2.52. The number of ether oxygens (including phenoxy) is 4. The first-order valence-corrected chi connectivity index (χ1v) is 18.9. The molecule has 4 atom stereocenters. The summed E-state index contributed by atoms with van der Waals surface area (Å²) in [6, 6.07) is 39.3. The summed E-state index contributed by atoms with van der Waals surface area (Å²) in [5.41, 5.74) is 1.54. The quantitative estimate of drug-likeness (QED) is 0.128. The summed E-state index contributed by atoms with van der Waals surface area (Å²) in [4.78, 5) is 58.1. The number of aliphatic hydroxyl groups is 1. The molecule has 0 unspecified atom stereocenters. The molecule has 2 aliphatic heterocycles. The Kier molecular flexibility index (Phi) is 9.77. The number of carbonyl (C=O) groups is 3. The van der Waals surface area contributed by atoms with E-state index in [0.717, 1.165) is 21.6 Å². The lowest BCUT2D eigenvalue weighted by atomic mass is 9.80. The first kappa shape index (κ1) is 37.5. The number of benzene rings is 5. The number of carbonyl (C=O) groups excluding carboxylic acids is 3. The van der Waals surface area contributed by atoms with E-state index < -0.39 is 47.6 Å². The second-order valence-electron chi connectivity index (χ2n) is 14.1. The maximum Gasteiger partial charge on any atom is 0.267 e. The van der Waals surface area contributed by atoms with Crippen molar-refractivity contribution in [2.24, 2.45) is 5.92 Å². The number of anilines is 1. The molecule has 294 valence electrons. The van der Waals surface area contributed by atoms with E-state index in [0.29, 0.717) is 11.5 Å². The minimum atomic E-state index is -1.45. The number of rotatable bonds is 9. The van der Waals surface area contributed by atoms with Crippen molar-refractivity contribution in [1.82, 2.24) is 19.5 Å². The van der Waals surface area contributed by atoms with Gasteiger partial charge in [0.05, 0.1) is 44.7 Å². The van der Waals surface area contributed by atoms with Crippen LogP contribution < -0.4 is 14.4 Å². The van der Waals surface area contributed by atoms with Crippen LogP contribution in [-0.4, -0.2) is 75.3 Å². The third kappa shape index (κ3) is 6.32. The Morgan fingerprint density at radius 2 is 1.31 bits per heavy atom. The summed E-state index contributed by atoms with van der Waals surface area (Å²) in [7, 11) is 3.19. The minimum absolute atomic E-state index is 0.000319. The monoisotopic (exact) mass is 787 g/mol. The van der Waals surface area contributed by atoms with Crippen molar-refractivity contribution < 1.29 is 38.4 Å². The van der Waals surface area contributed by atoms with E-state index >= 15 is 0 Å². The number of hydrogen-bond acceptors (Lipinski definition) is 11. The summed E-state index contributed by atoms with van der Waals surface area (Å²) < 4.78 is 26.3. The molecule has 2 aliphatic rings. The van der Waals surface area contributed by atoms with Crippen molar-refractivity contribution in [1.29, 1.82) is 0 Å². The third-order valence-electron chi connectivity index (χ3n) is 11.0. The number of amides is 2. The van der Waals surface area contributed by atoms with E-state index in [9.17, 15) is 19.5 Å². The Bertz CT molecular complexity index is 2620. The largest absolute Gasteiger partial charge is 0.497 e. The van der Waals surface area contributed by atoms with Gasteiger partial charge in [0.1, 0.15) is 35.8 Å². The first-order valence-electron chi connectivity index (χ1n) is 18.9. The van der Waals surface area contributed by atoms with Gasteiger partial charge in [-0.3, -0.25) is 19.0 Å². The molecule has 0 spiro atoms. The number of imide groups is 1. The Morgan fingerprint density at radius 1 is 0.729 bits per heavy atom. The number of aliphatic hydroxyl groups excluding tert-OH is 1. The molecule has 4 bridgehead atoms. The van der Waals surface area contributed by atoms with Gasteiger partial charge in [0.2, 0.25) is 0 Å². The van der Waals surface area contributed by atoms with Crippen LogP contribution in [0.1, 0.15) is 54.0 Å². The van der Waals surface area contributed by atoms with Crippen LogP contribution in [-0.2, 0) is 15.1 Å². The lowest BCUT2D eigenvalue weighted by molar-refractivity contribution is -0.0933. The van der Waals surface area contributed by atoms with E-state index in [-0.39, 0.29) is 40.3 Å². The van der Waals surface area contributed by atoms with Gasteiger partial charge in [0, 0.05) is 11.1 Å². The van der Waals surface area contributed by atoms with E-state index in [1.165, 1.54) is 29.4 Å². The Balaban J connectivity index is 1.16. The molecule has 0 radical (unpaired) electrons. The molecule has 4 heterocycles. The van der Waals surface area contributed by atoms with Crippen LogP contribution in [0.4, 0.5) is 5.82 Å². The molecule has 1 fully saturated rings. The van der Waals surface area contributed by atoms with Crippen molar-refractivity contribution in [2.75, 3.05) is 25.7 Å². The maximum absolute atomic E-state index is 14.9. The molecule has 59 heavy (non-hydrogen) atoms. The summed E-state index contributed by atoms with van der Waals surface area (Å²) in [6.07, 6.45) is -1.05. The van der Waals surface area contributed by atoms with E-state index in [2.05, 4.69) is 15.0 Å². The summed E-state index contributed by atoms with van der Waals surface area (Å²) in [5.74, 6) is -2.07.